The number of aromatic hydroxyl groups is 2. The summed E-state index contributed by atoms with van der Waals surface area (Å²) in [5, 5.41) is 45.0. The zero-order valence-electron chi connectivity index (χ0n) is 38.9. The van der Waals surface area contributed by atoms with Gasteiger partial charge in [-0.25, -0.2) is 0 Å². The van der Waals surface area contributed by atoms with Crippen molar-refractivity contribution in [2.75, 3.05) is 5.73 Å². The van der Waals surface area contributed by atoms with Crippen LogP contribution in [0.5, 0.6) is 11.5 Å². The van der Waals surface area contributed by atoms with Crippen LogP contribution in [-0.4, -0.2) is 36.6 Å². The zero-order valence-corrected chi connectivity index (χ0v) is 38.9. The van der Waals surface area contributed by atoms with Crippen LogP contribution in [0.3, 0.4) is 0 Å². The first-order chi connectivity index (χ1) is 28.3. The van der Waals surface area contributed by atoms with E-state index in [4.69, 9.17) is 16.6 Å². The van der Waals surface area contributed by atoms with Crippen molar-refractivity contribution < 1.29 is 10.2 Å². The second-order valence-electron chi connectivity index (χ2n) is 19.3. The van der Waals surface area contributed by atoms with Gasteiger partial charge in [-0.15, -0.1) is 15.0 Å². The SMILES string of the molecule is C/C=C(\C=C/C(C)C)C(C)(C)c1cc(C(C)(C)c2ccccc2)cc(N)c1O.Cc1ccc2nn(-c3cc(C(C)(C)C)cc(C(C)(C)C)c3O)nc2c1.N=C1C=CC=CC1=N. The molecule has 6 rings (SSSR count). The number of nitrogens with zero attached hydrogens (tertiary/aromatic N) is 3. The number of fused-ring (bicyclic) bond motifs is 1. The number of nitrogens with two attached hydrogens (primary N) is 1. The number of phenolic OH excluding ortho intramolecular Hbond substituents is 2. The van der Waals surface area contributed by atoms with Crippen LogP contribution in [0.15, 0.2) is 121 Å². The van der Waals surface area contributed by atoms with E-state index in [0.717, 1.165) is 44.4 Å². The van der Waals surface area contributed by atoms with Crippen LogP contribution in [0.1, 0.15) is 123 Å². The van der Waals surface area contributed by atoms with Crippen molar-refractivity contribution in [2.45, 2.75) is 119 Å². The molecule has 322 valence electrons. The van der Waals surface area contributed by atoms with Gasteiger partial charge < -0.3 is 15.9 Å². The van der Waals surface area contributed by atoms with Crippen molar-refractivity contribution in [1.29, 1.82) is 10.8 Å². The lowest BCUT2D eigenvalue weighted by molar-refractivity contribution is 0.438. The molecule has 0 atom stereocenters. The number of aryl methyl sites for hydroxylation is 1. The van der Waals surface area contributed by atoms with Crippen LogP contribution >= 0.6 is 0 Å². The molecule has 4 aromatic carbocycles. The van der Waals surface area contributed by atoms with E-state index in [-0.39, 0.29) is 44.6 Å². The molecule has 0 amide bonds. The predicted molar refractivity (Wildman–Crippen MR) is 258 cm³/mol. The Morgan fingerprint density at radius 1 is 0.689 bits per heavy atom. The Bertz CT molecular complexity index is 2480. The van der Waals surface area contributed by atoms with Crippen molar-refractivity contribution in [3.63, 3.8) is 0 Å². The molecule has 0 radical (unpaired) electrons. The molecule has 6 N–H and O–H groups in total. The molecule has 1 aliphatic carbocycles. The Morgan fingerprint density at radius 3 is 1.79 bits per heavy atom. The number of hydrogen-bond acceptors (Lipinski definition) is 7. The standard InChI is InChI=1S/C26H35NO.C21H27N3O.C6H6N2/c1-8-19(15-14-18(2)3)26(6,7)22-16-21(17-23(27)24(22)28)25(4,5)20-12-10-9-11-13-20;1-13-8-9-16-17(10-13)23-24(22-16)18-12-14(20(2,3)4)11-15(19(18)25)21(5,6)7;7-5-3-1-2-4-6(5)8/h8-18,28H,27H2,1-7H3;8-12,25H,1-7H3;1-4,7-8H/b15-14-,19-8+;;. The van der Waals surface area contributed by atoms with Gasteiger partial charge in [0.1, 0.15) is 28.2 Å². The fraction of sp³-hybridized carbons (Fsp3) is 0.358. The summed E-state index contributed by atoms with van der Waals surface area (Å²) in [5.74, 6) is 0.889. The second-order valence-corrected chi connectivity index (χ2v) is 19.3. The number of rotatable bonds is 7. The highest BCUT2D eigenvalue weighted by molar-refractivity contribution is 6.48. The third-order valence-electron chi connectivity index (χ3n) is 11.2. The molecule has 8 nitrogen and oxygen atoms in total. The zero-order chi connectivity index (χ0) is 45.7. The Labute approximate surface area is 364 Å². The number of nitrogens with one attached hydrogen (secondary N) is 2. The van der Waals surface area contributed by atoms with Gasteiger partial charge in [0.2, 0.25) is 0 Å². The summed E-state index contributed by atoms with van der Waals surface area (Å²) in [6, 6.07) is 24.5. The number of allylic oxidation sites excluding steroid dienone is 8. The van der Waals surface area contributed by atoms with Gasteiger partial charge in [-0.2, -0.15) is 0 Å². The summed E-state index contributed by atoms with van der Waals surface area (Å²) in [6.45, 7) is 29.9. The van der Waals surface area contributed by atoms with Gasteiger partial charge >= 0.3 is 0 Å². The fourth-order valence-corrected chi connectivity index (χ4v) is 7.02. The number of nitrogen functional groups attached to an aromatic ring is 1. The van der Waals surface area contributed by atoms with Gasteiger partial charge in [0.15, 0.2) is 0 Å². The minimum absolute atomic E-state index is 0.0361. The van der Waals surface area contributed by atoms with Crippen molar-refractivity contribution in [1.82, 2.24) is 15.0 Å². The van der Waals surface area contributed by atoms with Gasteiger partial charge in [0.05, 0.1) is 17.1 Å². The number of phenols is 2. The summed E-state index contributed by atoms with van der Waals surface area (Å²) < 4.78 is 0. The monoisotopic (exact) mass is 821 g/mol. The molecular weight excluding hydrogens is 753 g/mol. The van der Waals surface area contributed by atoms with Crippen LogP contribution in [0, 0.1) is 23.7 Å². The topological polar surface area (TPSA) is 145 Å². The average Bonchev–Trinajstić information content (AvgIpc) is 3.60. The maximum absolute atomic E-state index is 10.9. The molecule has 8 heteroatoms. The lowest BCUT2D eigenvalue weighted by atomic mass is 9.72. The summed E-state index contributed by atoms with van der Waals surface area (Å²) in [7, 11) is 0. The molecule has 1 heterocycles. The molecule has 1 aromatic heterocycles. The van der Waals surface area contributed by atoms with Crippen LogP contribution < -0.4 is 5.73 Å². The third kappa shape index (κ3) is 11.4. The van der Waals surface area contributed by atoms with E-state index >= 15 is 0 Å². The van der Waals surface area contributed by atoms with Gasteiger partial charge in [-0.1, -0.05) is 162 Å². The van der Waals surface area contributed by atoms with Crippen molar-refractivity contribution in [3.8, 4) is 17.2 Å². The minimum Gasteiger partial charge on any atom is -0.505 e. The normalized spacial score (nSPS) is 13.7. The predicted octanol–water partition coefficient (Wildman–Crippen LogP) is 12.9. The Morgan fingerprint density at radius 2 is 1.26 bits per heavy atom. The quantitative estimate of drug-likeness (QED) is 0.0480. The Hall–Kier alpha value is -6.02. The molecule has 0 saturated heterocycles. The van der Waals surface area contributed by atoms with Crippen LogP contribution in [-0.2, 0) is 21.7 Å². The number of hydrogen-bond donors (Lipinski definition) is 5. The Kier molecular flexibility index (Phi) is 14.6. The average molecular weight is 821 g/mol. The highest BCUT2D eigenvalue weighted by Gasteiger charge is 2.32. The van der Waals surface area contributed by atoms with E-state index in [2.05, 4.69) is 148 Å². The maximum atomic E-state index is 10.9. The highest BCUT2D eigenvalue weighted by Crippen LogP contribution is 2.44. The highest BCUT2D eigenvalue weighted by atomic mass is 16.3. The summed E-state index contributed by atoms with van der Waals surface area (Å²) in [6.07, 6.45) is 13.2. The van der Waals surface area contributed by atoms with Crippen molar-refractivity contribution in [2.24, 2.45) is 5.92 Å². The van der Waals surface area contributed by atoms with Crippen LogP contribution in [0.4, 0.5) is 5.69 Å². The minimum atomic E-state index is -0.374. The lowest BCUT2D eigenvalue weighted by Crippen LogP contribution is -2.24. The molecule has 0 spiro atoms. The van der Waals surface area contributed by atoms with Crippen LogP contribution in [0.2, 0.25) is 0 Å². The summed E-state index contributed by atoms with van der Waals surface area (Å²) in [4.78, 5) is 1.56. The van der Waals surface area contributed by atoms with E-state index in [9.17, 15) is 10.2 Å². The number of aromatic nitrogens is 3. The first kappa shape index (κ1) is 47.7. The summed E-state index contributed by atoms with van der Waals surface area (Å²) in [5.41, 5.74) is 16.3. The summed E-state index contributed by atoms with van der Waals surface area (Å²) >= 11 is 0. The molecule has 1 aliphatic rings. The van der Waals surface area contributed by atoms with Crippen molar-refractivity contribution in [3.05, 3.63) is 154 Å². The largest absolute Gasteiger partial charge is 0.505 e. The maximum Gasteiger partial charge on any atom is 0.146 e. The molecule has 0 unspecified atom stereocenters. The Balaban J connectivity index is 0.000000228. The first-order valence-corrected chi connectivity index (χ1v) is 21.1. The number of anilines is 1. The van der Waals surface area contributed by atoms with E-state index in [1.54, 1.807) is 29.1 Å². The van der Waals surface area contributed by atoms with Gasteiger partial charge in [0, 0.05) is 22.0 Å². The molecule has 5 aromatic rings. The van der Waals surface area contributed by atoms with E-state index in [0.29, 0.717) is 17.3 Å². The smallest absolute Gasteiger partial charge is 0.146 e. The lowest BCUT2D eigenvalue weighted by Gasteiger charge is -2.32. The van der Waals surface area contributed by atoms with E-state index < -0.39 is 0 Å². The second kappa shape index (κ2) is 18.7. The molecule has 61 heavy (non-hydrogen) atoms. The first-order valence-electron chi connectivity index (χ1n) is 21.1. The molecular formula is C53H68N6O2. The molecule has 0 fully saturated rings. The fourth-order valence-electron chi connectivity index (χ4n) is 7.02. The third-order valence-corrected chi connectivity index (χ3v) is 11.2. The molecule has 0 saturated carbocycles. The van der Waals surface area contributed by atoms with Crippen LogP contribution in [0.25, 0.3) is 16.7 Å². The number of benzene rings is 4. The van der Waals surface area contributed by atoms with E-state index in [1.165, 1.54) is 5.56 Å². The van der Waals surface area contributed by atoms with Gasteiger partial charge in [-0.05, 0) is 94.8 Å². The molecule has 0 bridgehead atoms. The van der Waals surface area contributed by atoms with E-state index in [1.807, 2.05) is 50.2 Å². The van der Waals surface area contributed by atoms with Gasteiger partial charge in [0.25, 0.3) is 0 Å². The molecule has 0 aliphatic heterocycles. The van der Waals surface area contributed by atoms with Gasteiger partial charge in [-0.3, -0.25) is 10.8 Å². The van der Waals surface area contributed by atoms with Crippen molar-refractivity contribution >= 4 is 28.1 Å².